The standard InChI is InChI=1S/C29H33N3O8/c1-6-37-27(33)24-16(3)32(30-28(34)38-7-2)29-20-13-23-22(39-15-40-23)12-17(20)10-11-31(29)14-19-18(25(24)29)8-9-21(35-4)26(19)36-5/h8-9,12-13,25H,6-7,10-11,14-15H2,1-5H3,(H,30,34). The summed E-state index contributed by atoms with van der Waals surface area (Å²) in [6.07, 6.45) is 0.106. The second kappa shape index (κ2) is 9.81. The molecule has 4 aliphatic heterocycles. The van der Waals surface area contributed by atoms with Crippen LogP contribution in [-0.2, 0) is 32.9 Å². The molecule has 0 aliphatic carbocycles. The van der Waals surface area contributed by atoms with Crippen molar-refractivity contribution in [3.8, 4) is 23.0 Å². The van der Waals surface area contributed by atoms with Crippen molar-refractivity contribution in [1.82, 2.24) is 15.3 Å². The first-order chi connectivity index (χ1) is 19.4. The molecular weight excluding hydrogens is 518 g/mol. The summed E-state index contributed by atoms with van der Waals surface area (Å²) < 4.78 is 33.9. The first-order valence-corrected chi connectivity index (χ1v) is 13.4. The van der Waals surface area contributed by atoms with Crippen LogP contribution in [0.2, 0.25) is 0 Å². The van der Waals surface area contributed by atoms with Crippen molar-refractivity contribution in [3.63, 3.8) is 0 Å². The normalized spacial score (nSPS) is 22.1. The third-order valence-electron chi connectivity index (χ3n) is 8.20. The van der Waals surface area contributed by atoms with Crippen molar-refractivity contribution in [2.45, 2.75) is 45.3 Å². The summed E-state index contributed by atoms with van der Waals surface area (Å²) >= 11 is 0. The Balaban J connectivity index is 1.67. The van der Waals surface area contributed by atoms with Crippen molar-refractivity contribution in [2.24, 2.45) is 0 Å². The largest absolute Gasteiger partial charge is 0.493 e. The highest BCUT2D eigenvalue weighted by molar-refractivity contribution is 5.93. The van der Waals surface area contributed by atoms with Crippen molar-refractivity contribution in [3.05, 3.63) is 57.8 Å². The van der Waals surface area contributed by atoms with Crippen LogP contribution in [0.25, 0.3) is 0 Å². The first-order valence-electron chi connectivity index (χ1n) is 13.4. The topological polar surface area (TPSA) is 108 Å². The van der Waals surface area contributed by atoms with Crippen LogP contribution in [0.3, 0.4) is 0 Å². The van der Waals surface area contributed by atoms with Crippen LogP contribution in [0.15, 0.2) is 35.5 Å². The van der Waals surface area contributed by atoms with E-state index in [-0.39, 0.29) is 20.0 Å². The number of benzene rings is 2. The van der Waals surface area contributed by atoms with E-state index in [0.29, 0.717) is 47.4 Å². The van der Waals surface area contributed by atoms with Crippen molar-refractivity contribution >= 4 is 12.1 Å². The number of carbonyl (C=O) groups is 2. The van der Waals surface area contributed by atoms with Crippen molar-refractivity contribution in [2.75, 3.05) is 40.8 Å². The van der Waals surface area contributed by atoms with Crippen LogP contribution in [0, 0.1) is 0 Å². The van der Waals surface area contributed by atoms with E-state index in [4.69, 9.17) is 28.4 Å². The van der Waals surface area contributed by atoms with Gasteiger partial charge in [0.25, 0.3) is 0 Å². The molecule has 0 aromatic heterocycles. The number of hydrazine groups is 1. The number of carbonyl (C=O) groups excluding carboxylic acids is 2. The van der Waals surface area contributed by atoms with Crippen molar-refractivity contribution < 1.29 is 38.0 Å². The number of hydrogen-bond donors (Lipinski definition) is 1. The molecule has 4 heterocycles. The SMILES string of the molecule is CCOC(=O)NN1C(C)=C(C(=O)OCC)C2c3ccc(OC)c(OC)c3CN3CCc4cc5c(cc4C231)OCO5. The summed E-state index contributed by atoms with van der Waals surface area (Å²) in [5.41, 5.74) is 6.71. The van der Waals surface area contributed by atoms with Crippen LogP contribution in [-0.4, -0.2) is 62.7 Å². The molecule has 4 aliphatic rings. The molecule has 6 rings (SSSR count). The molecule has 2 atom stereocenters. The summed E-state index contributed by atoms with van der Waals surface area (Å²) in [6.45, 7) is 6.99. The number of rotatable bonds is 6. The number of ether oxygens (including phenoxy) is 6. The smallest absolute Gasteiger partial charge is 0.426 e. The zero-order valence-corrected chi connectivity index (χ0v) is 23.3. The molecule has 40 heavy (non-hydrogen) atoms. The third kappa shape index (κ3) is 3.53. The lowest BCUT2D eigenvalue weighted by Gasteiger charge is -2.57. The van der Waals surface area contributed by atoms with Gasteiger partial charge in [0, 0.05) is 29.9 Å². The summed E-state index contributed by atoms with van der Waals surface area (Å²) in [5, 5.41) is 1.78. The number of nitrogens with zero attached hydrogens (tertiary/aromatic N) is 2. The Morgan fingerprint density at radius 1 is 1.07 bits per heavy atom. The summed E-state index contributed by atoms with van der Waals surface area (Å²) in [4.78, 5) is 29.0. The molecule has 0 bridgehead atoms. The fourth-order valence-corrected chi connectivity index (χ4v) is 6.75. The van der Waals surface area contributed by atoms with Crippen LogP contribution in [0.1, 0.15) is 48.9 Å². The summed E-state index contributed by atoms with van der Waals surface area (Å²) in [6, 6.07) is 7.81. The molecule has 11 heteroatoms. The van der Waals surface area contributed by atoms with Gasteiger partial charge in [-0.05, 0) is 56.5 Å². The fourth-order valence-electron chi connectivity index (χ4n) is 6.75. The molecule has 212 valence electrons. The molecule has 2 aromatic rings. The molecule has 0 radical (unpaired) electrons. The van der Waals surface area contributed by atoms with E-state index in [1.165, 1.54) is 0 Å². The van der Waals surface area contributed by atoms with Gasteiger partial charge >= 0.3 is 12.1 Å². The molecule has 0 saturated heterocycles. The molecule has 2 aromatic carbocycles. The predicted octanol–water partition coefficient (Wildman–Crippen LogP) is 3.55. The monoisotopic (exact) mass is 551 g/mol. The van der Waals surface area contributed by atoms with E-state index < -0.39 is 23.6 Å². The zero-order valence-electron chi connectivity index (χ0n) is 23.3. The Kier molecular flexibility index (Phi) is 6.41. The van der Waals surface area contributed by atoms with E-state index in [9.17, 15) is 9.59 Å². The molecule has 2 unspecified atom stereocenters. The second-order valence-electron chi connectivity index (χ2n) is 9.95. The van der Waals surface area contributed by atoms with Crippen LogP contribution >= 0.6 is 0 Å². The molecule has 1 amide bonds. The number of fused-ring (bicyclic) bond motifs is 4. The van der Waals surface area contributed by atoms with Gasteiger partial charge in [-0.3, -0.25) is 9.91 Å². The summed E-state index contributed by atoms with van der Waals surface area (Å²) in [5.74, 6) is 1.51. The minimum Gasteiger partial charge on any atom is -0.493 e. The lowest BCUT2D eigenvalue weighted by atomic mass is 9.69. The highest BCUT2D eigenvalue weighted by Crippen LogP contribution is 2.62. The molecule has 11 nitrogen and oxygen atoms in total. The number of hydrogen-bond acceptors (Lipinski definition) is 10. The third-order valence-corrected chi connectivity index (χ3v) is 8.20. The number of allylic oxidation sites excluding steroid dienone is 1. The van der Waals surface area contributed by atoms with Gasteiger partial charge in [0.2, 0.25) is 6.79 Å². The lowest BCUT2D eigenvalue weighted by Crippen LogP contribution is -2.66. The van der Waals surface area contributed by atoms with E-state index in [2.05, 4.69) is 10.3 Å². The van der Waals surface area contributed by atoms with E-state index in [1.54, 1.807) is 33.1 Å². The van der Waals surface area contributed by atoms with Gasteiger partial charge in [-0.2, -0.15) is 0 Å². The van der Waals surface area contributed by atoms with Crippen LogP contribution in [0.5, 0.6) is 23.0 Å². The summed E-state index contributed by atoms with van der Waals surface area (Å²) in [7, 11) is 3.22. The average Bonchev–Trinajstić information content (AvgIpc) is 3.51. The Labute approximate surface area is 232 Å². The number of esters is 1. The van der Waals surface area contributed by atoms with E-state index >= 15 is 0 Å². The van der Waals surface area contributed by atoms with Gasteiger partial charge in [0.05, 0.1) is 38.9 Å². The predicted molar refractivity (Wildman–Crippen MR) is 142 cm³/mol. The molecule has 1 N–H and O–H groups in total. The molecule has 1 spiro atoms. The maximum atomic E-state index is 13.8. The van der Waals surface area contributed by atoms with E-state index in [0.717, 1.165) is 28.7 Å². The van der Waals surface area contributed by atoms with Crippen molar-refractivity contribution in [1.29, 1.82) is 0 Å². The Morgan fingerprint density at radius 3 is 2.52 bits per heavy atom. The average molecular weight is 552 g/mol. The molecular formula is C29H33N3O8. The van der Waals surface area contributed by atoms with Gasteiger partial charge in [-0.1, -0.05) is 6.07 Å². The Hall–Kier alpha value is -4.12. The van der Waals surface area contributed by atoms with Crippen LogP contribution in [0.4, 0.5) is 4.79 Å². The molecule has 0 saturated carbocycles. The minimum atomic E-state index is -1.03. The first kappa shape index (κ1) is 26.1. The quantitative estimate of drug-likeness (QED) is 0.536. The highest BCUT2D eigenvalue weighted by Gasteiger charge is 2.64. The zero-order chi connectivity index (χ0) is 28.2. The Morgan fingerprint density at radius 2 is 1.82 bits per heavy atom. The number of amides is 1. The van der Waals surface area contributed by atoms with Gasteiger partial charge in [-0.15, -0.1) is 0 Å². The van der Waals surface area contributed by atoms with Gasteiger partial charge < -0.3 is 28.4 Å². The highest BCUT2D eigenvalue weighted by atomic mass is 16.7. The molecule has 0 fully saturated rings. The maximum absolute atomic E-state index is 13.8. The fraction of sp³-hybridized carbons (Fsp3) is 0.448. The van der Waals surface area contributed by atoms with Gasteiger partial charge in [0.15, 0.2) is 28.7 Å². The van der Waals surface area contributed by atoms with E-state index in [1.807, 2.05) is 31.2 Å². The lowest BCUT2D eigenvalue weighted by molar-refractivity contribution is -0.139. The number of methoxy groups -OCH3 is 2. The second-order valence-corrected chi connectivity index (χ2v) is 9.95. The van der Waals surface area contributed by atoms with Crippen LogP contribution < -0.4 is 24.4 Å². The minimum absolute atomic E-state index is 0.133. The van der Waals surface area contributed by atoms with Gasteiger partial charge in [0.1, 0.15) is 0 Å². The number of nitrogens with one attached hydrogen (secondary N) is 1. The van der Waals surface area contributed by atoms with Gasteiger partial charge in [-0.25, -0.2) is 15.0 Å². The maximum Gasteiger partial charge on any atom is 0.426 e. The Bertz CT molecular complexity index is 1420.